The highest BCUT2D eigenvalue weighted by atomic mass is 32.2. The fourth-order valence-corrected chi connectivity index (χ4v) is 3.62. The minimum Gasteiger partial charge on any atom is -0.341 e. The molecule has 112 valence electrons. The summed E-state index contributed by atoms with van der Waals surface area (Å²) in [5, 5.41) is 7.56. The molecule has 1 aliphatic rings. The molecule has 1 N–H and O–H groups in total. The lowest BCUT2D eigenvalue weighted by molar-refractivity contribution is -0.132. The molecule has 0 aromatic carbocycles. The van der Waals surface area contributed by atoms with Crippen LogP contribution in [-0.4, -0.2) is 44.3 Å². The molecule has 0 saturated carbocycles. The molecular formula is C14H24N4OS. The molecule has 0 spiro atoms. The summed E-state index contributed by atoms with van der Waals surface area (Å²) in [5.41, 5.74) is 0. The number of nitrogens with zero attached hydrogens (tertiary/aromatic N) is 3. The minimum atomic E-state index is -0.131. The highest BCUT2D eigenvalue weighted by Crippen LogP contribution is 2.25. The topological polar surface area (TPSA) is 61.9 Å². The van der Waals surface area contributed by atoms with Crippen molar-refractivity contribution >= 4 is 17.7 Å². The third kappa shape index (κ3) is 3.75. The molecule has 6 heteroatoms. The van der Waals surface area contributed by atoms with Crippen molar-refractivity contribution in [1.29, 1.82) is 0 Å². The van der Waals surface area contributed by atoms with E-state index < -0.39 is 0 Å². The Balaban J connectivity index is 1.94. The van der Waals surface area contributed by atoms with Crippen LogP contribution in [0.5, 0.6) is 0 Å². The van der Waals surface area contributed by atoms with Gasteiger partial charge in [-0.25, -0.2) is 4.98 Å². The molecule has 5 nitrogen and oxygen atoms in total. The smallest absolute Gasteiger partial charge is 0.235 e. The number of aromatic nitrogens is 3. The van der Waals surface area contributed by atoms with E-state index >= 15 is 0 Å². The van der Waals surface area contributed by atoms with Crippen molar-refractivity contribution in [2.24, 2.45) is 11.8 Å². The zero-order valence-electron chi connectivity index (χ0n) is 12.7. The quantitative estimate of drug-likeness (QED) is 0.866. The van der Waals surface area contributed by atoms with Crippen LogP contribution in [0.15, 0.2) is 5.16 Å². The predicted octanol–water partition coefficient (Wildman–Crippen LogP) is 2.35. The van der Waals surface area contributed by atoms with E-state index in [0.717, 1.165) is 25.3 Å². The van der Waals surface area contributed by atoms with Gasteiger partial charge in [0.2, 0.25) is 11.1 Å². The second kappa shape index (κ2) is 6.61. The fraction of sp³-hybridized carbons (Fsp3) is 0.786. The number of thioether (sulfide) groups is 1. The molecule has 1 fully saturated rings. The first-order valence-electron chi connectivity index (χ1n) is 7.36. The Morgan fingerprint density at radius 2 is 2.10 bits per heavy atom. The van der Waals surface area contributed by atoms with Gasteiger partial charge in [-0.1, -0.05) is 32.5 Å². The summed E-state index contributed by atoms with van der Waals surface area (Å²) in [6.07, 6.45) is 2.04. The van der Waals surface area contributed by atoms with E-state index in [0.29, 0.717) is 17.0 Å². The number of rotatable bonds is 4. The summed E-state index contributed by atoms with van der Waals surface area (Å²) in [6.45, 7) is 10.2. The predicted molar refractivity (Wildman–Crippen MR) is 80.6 cm³/mol. The van der Waals surface area contributed by atoms with E-state index in [1.165, 1.54) is 18.2 Å². The lowest BCUT2D eigenvalue weighted by Gasteiger charge is -2.36. The molecule has 1 saturated heterocycles. The molecule has 2 heterocycles. The van der Waals surface area contributed by atoms with Gasteiger partial charge in [-0.15, -0.1) is 5.10 Å². The Morgan fingerprint density at radius 1 is 1.45 bits per heavy atom. The maximum atomic E-state index is 12.5. The van der Waals surface area contributed by atoms with Crippen LogP contribution in [0.1, 0.15) is 39.9 Å². The number of H-pyrrole nitrogens is 1. The van der Waals surface area contributed by atoms with Crippen molar-refractivity contribution < 1.29 is 4.79 Å². The molecule has 0 bridgehead atoms. The van der Waals surface area contributed by atoms with Crippen molar-refractivity contribution in [2.45, 2.75) is 50.9 Å². The summed E-state index contributed by atoms with van der Waals surface area (Å²) >= 11 is 1.44. The van der Waals surface area contributed by atoms with Crippen molar-refractivity contribution in [3.63, 3.8) is 0 Å². The number of carbonyl (C=O) groups is 1. The van der Waals surface area contributed by atoms with Gasteiger partial charge in [0, 0.05) is 19.5 Å². The van der Waals surface area contributed by atoms with Gasteiger partial charge in [-0.05, 0) is 25.2 Å². The first kappa shape index (κ1) is 15.4. The molecule has 1 aromatic heterocycles. The highest BCUT2D eigenvalue weighted by Gasteiger charge is 2.29. The van der Waals surface area contributed by atoms with E-state index in [1.807, 2.05) is 18.7 Å². The van der Waals surface area contributed by atoms with E-state index in [4.69, 9.17) is 0 Å². The minimum absolute atomic E-state index is 0.131. The van der Waals surface area contributed by atoms with Crippen LogP contribution < -0.4 is 0 Å². The fourth-order valence-electron chi connectivity index (χ4n) is 2.80. The lowest BCUT2D eigenvalue weighted by atomic mass is 9.92. The molecular weight excluding hydrogens is 272 g/mol. The Labute approximate surface area is 124 Å². The molecule has 0 aliphatic carbocycles. The first-order valence-corrected chi connectivity index (χ1v) is 8.24. The van der Waals surface area contributed by atoms with Crippen LogP contribution in [-0.2, 0) is 11.2 Å². The highest BCUT2D eigenvalue weighted by molar-refractivity contribution is 8.00. The van der Waals surface area contributed by atoms with Crippen LogP contribution in [0.4, 0.5) is 0 Å². The van der Waals surface area contributed by atoms with Gasteiger partial charge in [-0.3, -0.25) is 9.89 Å². The van der Waals surface area contributed by atoms with Crippen LogP contribution in [0.25, 0.3) is 0 Å². The molecule has 1 amide bonds. The Hall–Kier alpha value is -1.04. The average molecular weight is 296 g/mol. The van der Waals surface area contributed by atoms with Gasteiger partial charge in [0.05, 0.1) is 5.25 Å². The summed E-state index contributed by atoms with van der Waals surface area (Å²) in [4.78, 5) is 18.9. The van der Waals surface area contributed by atoms with Crippen molar-refractivity contribution in [2.75, 3.05) is 13.1 Å². The van der Waals surface area contributed by atoms with Crippen LogP contribution in [0.3, 0.4) is 0 Å². The standard InChI is InChI=1S/C14H24N4OS/c1-5-12-15-14(17-16-12)20-11(4)13(19)18-7-9(2)6-10(3)8-18/h9-11H,5-8H2,1-4H3,(H,15,16,17). The SMILES string of the molecule is CCc1nc(SC(C)C(=O)N2CC(C)CC(C)C2)n[nH]1. The normalized spacial score (nSPS) is 24.7. The van der Waals surface area contributed by atoms with Gasteiger partial charge in [0.25, 0.3) is 0 Å². The van der Waals surface area contributed by atoms with Gasteiger partial charge >= 0.3 is 0 Å². The average Bonchev–Trinajstić information content (AvgIpc) is 2.84. The molecule has 20 heavy (non-hydrogen) atoms. The number of nitrogens with one attached hydrogen (secondary N) is 1. The van der Waals surface area contributed by atoms with Crippen LogP contribution in [0, 0.1) is 11.8 Å². The second-order valence-electron chi connectivity index (χ2n) is 5.87. The van der Waals surface area contributed by atoms with Gasteiger partial charge in [-0.2, -0.15) is 0 Å². The number of aryl methyl sites for hydroxylation is 1. The van der Waals surface area contributed by atoms with Gasteiger partial charge in [0.15, 0.2) is 0 Å². The number of likely N-dealkylation sites (tertiary alicyclic amines) is 1. The van der Waals surface area contributed by atoms with E-state index in [9.17, 15) is 4.79 Å². The summed E-state index contributed by atoms with van der Waals surface area (Å²) < 4.78 is 0. The lowest BCUT2D eigenvalue weighted by Crippen LogP contribution is -2.45. The maximum absolute atomic E-state index is 12.5. The van der Waals surface area contributed by atoms with Crippen molar-refractivity contribution in [3.05, 3.63) is 5.82 Å². The number of aromatic amines is 1. The summed E-state index contributed by atoms with van der Waals surface area (Å²) in [6, 6.07) is 0. The Bertz CT molecular complexity index is 452. The molecule has 0 radical (unpaired) electrons. The molecule has 1 aliphatic heterocycles. The molecule has 3 unspecified atom stereocenters. The molecule has 3 atom stereocenters. The zero-order chi connectivity index (χ0) is 14.7. The van der Waals surface area contributed by atoms with Gasteiger partial charge in [0.1, 0.15) is 5.82 Å². The number of amides is 1. The summed E-state index contributed by atoms with van der Waals surface area (Å²) in [5.74, 6) is 2.26. The number of piperidine rings is 1. The monoisotopic (exact) mass is 296 g/mol. The number of carbonyl (C=O) groups excluding carboxylic acids is 1. The van der Waals surface area contributed by atoms with Crippen molar-refractivity contribution in [1.82, 2.24) is 20.1 Å². The number of hydrogen-bond acceptors (Lipinski definition) is 4. The van der Waals surface area contributed by atoms with Crippen molar-refractivity contribution in [3.8, 4) is 0 Å². The second-order valence-corrected chi connectivity index (χ2v) is 7.18. The van der Waals surface area contributed by atoms with Gasteiger partial charge < -0.3 is 4.90 Å². The molecule has 1 aromatic rings. The first-order chi connectivity index (χ1) is 9.49. The Kier molecular flexibility index (Phi) is 5.07. The van der Waals surface area contributed by atoms with E-state index in [-0.39, 0.29) is 11.2 Å². The maximum Gasteiger partial charge on any atom is 0.235 e. The molecule has 2 rings (SSSR count). The summed E-state index contributed by atoms with van der Waals surface area (Å²) in [7, 11) is 0. The third-order valence-corrected chi connectivity index (χ3v) is 4.61. The van der Waals surface area contributed by atoms with E-state index in [1.54, 1.807) is 0 Å². The largest absolute Gasteiger partial charge is 0.341 e. The van der Waals surface area contributed by atoms with E-state index in [2.05, 4.69) is 29.0 Å². The number of hydrogen-bond donors (Lipinski definition) is 1. The zero-order valence-corrected chi connectivity index (χ0v) is 13.5. The van der Waals surface area contributed by atoms with Crippen LogP contribution >= 0.6 is 11.8 Å². The van der Waals surface area contributed by atoms with Crippen LogP contribution in [0.2, 0.25) is 0 Å². The third-order valence-electron chi connectivity index (χ3n) is 3.66. The Morgan fingerprint density at radius 3 is 2.65 bits per heavy atom.